The molecule has 86 valence electrons. The number of nitrogens with zero attached hydrogens (tertiary/aromatic N) is 1. The molecule has 0 aromatic heterocycles. The Balaban J connectivity index is 2.05. The van der Waals surface area contributed by atoms with E-state index in [-0.39, 0.29) is 6.54 Å². The largest absolute Gasteiger partial charge is 0.480 e. The van der Waals surface area contributed by atoms with Crippen molar-refractivity contribution < 1.29 is 9.90 Å². The van der Waals surface area contributed by atoms with Gasteiger partial charge in [-0.3, -0.25) is 9.69 Å². The van der Waals surface area contributed by atoms with Crippen LogP contribution in [-0.4, -0.2) is 28.6 Å². The predicted molar refractivity (Wildman–Crippen MR) is 70.2 cm³/mol. The average Bonchev–Trinajstić information content (AvgIpc) is 3.03. The minimum atomic E-state index is -0.738. The minimum Gasteiger partial charge on any atom is -0.480 e. The Kier molecular flexibility index (Phi) is 3.81. The first-order chi connectivity index (χ1) is 7.66. The molecule has 0 heterocycles. The third-order valence-electron chi connectivity index (χ3n) is 2.73. The fraction of sp³-hybridized carbons (Fsp3) is 0.417. The van der Waals surface area contributed by atoms with Crippen LogP contribution in [0.5, 0.6) is 0 Å². The standard InChI is InChI=1S/C12H14INO2/c13-11-4-2-1-3-9(11)7-14(8-12(15)16)10-5-6-10/h1-4,10H,5-8H2,(H,15,16). The summed E-state index contributed by atoms with van der Waals surface area (Å²) in [7, 11) is 0. The van der Waals surface area contributed by atoms with E-state index in [1.165, 1.54) is 9.13 Å². The molecule has 0 radical (unpaired) electrons. The smallest absolute Gasteiger partial charge is 0.317 e. The lowest BCUT2D eigenvalue weighted by Crippen LogP contribution is -2.31. The molecular weight excluding hydrogens is 317 g/mol. The Hall–Kier alpha value is -0.620. The van der Waals surface area contributed by atoms with E-state index in [1.54, 1.807) is 0 Å². The summed E-state index contributed by atoms with van der Waals surface area (Å²) < 4.78 is 1.20. The maximum absolute atomic E-state index is 10.8. The molecule has 0 aliphatic heterocycles. The van der Waals surface area contributed by atoms with Gasteiger partial charge in [-0.15, -0.1) is 0 Å². The van der Waals surface area contributed by atoms with Crippen LogP contribution in [0.3, 0.4) is 0 Å². The Morgan fingerprint density at radius 3 is 2.69 bits per heavy atom. The van der Waals surface area contributed by atoms with Gasteiger partial charge in [-0.25, -0.2) is 0 Å². The Morgan fingerprint density at radius 1 is 1.44 bits per heavy atom. The molecule has 0 atom stereocenters. The van der Waals surface area contributed by atoms with Gasteiger partial charge in [0.15, 0.2) is 0 Å². The van der Waals surface area contributed by atoms with E-state index in [2.05, 4.69) is 39.6 Å². The summed E-state index contributed by atoms with van der Waals surface area (Å²) in [5.41, 5.74) is 1.22. The van der Waals surface area contributed by atoms with Crippen LogP contribution in [0, 0.1) is 3.57 Å². The Morgan fingerprint density at radius 2 is 2.12 bits per heavy atom. The number of aliphatic carboxylic acids is 1. The topological polar surface area (TPSA) is 40.5 Å². The summed E-state index contributed by atoms with van der Waals surface area (Å²) in [5, 5.41) is 8.86. The van der Waals surface area contributed by atoms with Crippen molar-refractivity contribution in [2.24, 2.45) is 0 Å². The second kappa shape index (κ2) is 5.14. The summed E-state index contributed by atoms with van der Waals surface area (Å²) in [6, 6.07) is 8.61. The van der Waals surface area contributed by atoms with E-state index in [1.807, 2.05) is 12.1 Å². The third kappa shape index (κ3) is 3.18. The molecule has 0 bridgehead atoms. The number of hydrogen-bond acceptors (Lipinski definition) is 2. The van der Waals surface area contributed by atoms with Crippen molar-refractivity contribution >= 4 is 28.6 Å². The number of carboxylic acid groups (broad SMARTS) is 1. The molecule has 0 saturated heterocycles. The highest BCUT2D eigenvalue weighted by Crippen LogP contribution is 2.28. The van der Waals surface area contributed by atoms with E-state index in [0.717, 1.165) is 19.4 Å². The monoisotopic (exact) mass is 331 g/mol. The van der Waals surface area contributed by atoms with E-state index >= 15 is 0 Å². The van der Waals surface area contributed by atoms with Crippen molar-refractivity contribution in [1.82, 2.24) is 4.90 Å². The lowest BCUT2D eigenvalue weighted by atomic mass is 10.2. The fourth-order valence-corrected chi connectivity index (χ4v) is 2.33. The first-order valence-corrected chi connectivity index (χ1v) is 6.44. The van der Waals surface area contributed by atoms with Gasteiger partial charge in [-0.2, -0.15) is 0 Å². The van der Waals surface area contributed by atoms with Crippen molar-refractivity contribution in [3.8, 4) is 0 Å². The number of halogens is 1. The summed E-state index contributed by atoms with van der Waals surface area (Å²) >= 11 is 2.30. The van der Waals surface area contributed by atoms with Gasteiger partial charge in [-0.05, 0) is 47.1 Å². The van der Waals surface area contributed by atoms with Crippen LogP contribution in [0.4, 0.5) is 0 Å². The van der Waals surface area contributed by atoms with Crippen molar-refractivity contribution in [2.45, 2.75) is 25.4 Å². The summed E-state index contributed by atoms with van der Waals surface area (Å²) in [4.78, 5) is 12.8. The van der Waals surface area contributed by atoms with Gasteiger partial charge >= 0.3 is 5.97 Å². The molecule has 1 aliphatic rings. The first kappa shape index (κ1) is 11.9. The molecule has 1 fully saturated rings. The van der Waals surface area contributed by atoms with Crippen LogP contribution in [-0.2, 0) is 11.3 Å². The maximum atomic E-state index is 10.8. The number of rotatable bonds is 5. The molecule has 1 aromatic rings. The van der Waals surface area contributed by atoms with Crippen LogP contribution in [0.1, 0.15) is 18.4 Å². The quantitative estimate of drug-likeness (QED) is 0.842. The zero-order chi connectivity index (χ0) is 11.5. The van der Waals surface area contributed by atoms with Crippen LogP contribution in [0.25, 0.3) is 0 Å². The highest BCUT2D eigenvalue weighted by Gasteiger charge is 2.30. The number of carboxylic acids is 1. The average molecular weight is 331 g/mol. The number of carbonyl (C=O) groups is 1. The zero-order valence-electron chi connectivity index (χ0n) is 8.90. The molecular formula is C12H14INO2. The van der Waals surface area contributed by atoms with Crippen LogP contribution in [0.15, 0.2) is 24.3 Å². The second-order valence-corrected chi connectivity index (χ2v) is 5.28. The van der Waals surface area contributed by atoms with Gasteiger partial charge < -0.3 is 5.11 Å². The van der Waals surface area contributed by atoms with Crippen molar-refractivity contribution in [1.29, 1.82) is 0 Å². The number of hydrogen-bond donors (Lipinski definition) is 1. The van der Waals surface area contributed by atoms with Crippen molar-refractivity contribution in [3.63, 3.8) is 0 Å². The molecule has 3 nitrogen and oxygen atoms in total. The van der Waals surface area contributed by atoms with Crippen molar-refractivity contribution in [3.05, 3.63) is 33.4 Å². The first-order valence-electron chi connectivity index (χ1n) is 5.36. The van der Waals surface area contributed by atoms with Gasteiger partial charge in [0.1, 0.15) is 0 Å². The molecule has 1 aliphatic carbocycles. The summed E-state index contributed by atoms with van der Waals surface area (Å²) in [5.74, 6) is -0.738. The SMILES string of the molecule is O=C(O)CN(Cc1ccccc1I)C1CC1. The molecule has 16 heavy (non-hydrogen) atoms. The second-order valence-electron chi connectivity index (χ2n) is 4.12. The molecule has 0 spiro atoms. The van der Waals surface area contributed by atoms with Crippen LogP contribution in [0.2, 0.25) is 0 Å². The summed E-state index contributed by atoms with van der Waals surface area (Å²) in [6.45, 7) is 0.895. The van der Waals surface area contributed by atoms with Crippen molar-refractivity contribution in [2.75, 3.05) is 6.54 Å². The van der Waals surface area contributed by atoms with Crippen LogP contribution < -0.4 is 0 Å². The normalized spacial score (nSPS) is 15.4. The van der Waals surface area contributed by atoms with E-state index in [4.69, 9.17) is 5.11 Å². The van der Waals surface area contributed by atoms with E-state index in [0.29, 0.717) is 6.04 Å². The molecule has 1 N–H and O–H groups in total. The maximum Gasteiger partial charge on any atom is 0.317 e. The van der Waals surface area contributed by atoms with E-state index in [9.17, 15) is 4.79 Å². The molecule has 1 aromatic carbocycles. The van der Waals surface area contributed by atoms with E-state index < -0.39 is 5.97 Å². The molecule has 0 amide bonds. The lowest BCUT2D eigenvalue weighted by Gasteiger charge is -2.20. The van der Waals surface area contributed by atoms with Gasteiger partial charge in [-0.1, -0.05) is 18.2 Å². The highest BCUT2D eigenvalue weighted by atomic mass is 127. The molecule has 1 saturated carbocycles. The molecule has 0 unspecified atom stereocenters. The minimum absolute atomic E-state index is 0.148. The lowest BCUT2D eigenvalue weighted by molar-refractivity contribution is -0.138. The number of benzene rings is 1. The van der Waals surface area contributed by atoms with Gasteiger partial charge in [0.05, 0.1) is 6.54 Å². The Bertz CT molecular complexity index is 390. The zero-order valence-corrected chi connectivity index (χ0v) is 11.1. The molecule has 2 rings (SSSR count). The van der Waals surface area contributed by atoms with Gasteiger partial charge in [0.25, 0.3) is 0 Å². The van der Waals surface area contributed by atoms with Gasteiger partial charge in [0, 0.05) is 16.2 Å². The van der Waals surface area contributed by atoms with Gasteiger partial charge in [0.2, 0.25) is 0 Å². The predicted octanol–water partition coefficient (Wildman–Crippen LogP) is 2.34. The Labute approximate surface area is 109 Å². The van der Waals surface area contributed by atoms with Crippen LogP contribution >= 0.6 is 22.6 Å². The third-order valence-corrected chi connectivity index (χ3v) is 3.79. The fourth-order valence-electron chi connectivity index (χ4n) is 1.77. The highest BCUT2D eigenvalue weighted by molar-refractivity contribution is 14.1. The summed E-state index contributed by atoms with van der Waals surface area (Å²) in [6.07, 6.45) is 2.27. The molecule has 4 heteroatoms.